The number of aromatic nitrogens is 1. The number of thiazole rings is 1. The van der Waals surface area contributed by atoms with E-state index in [1.54, 1.807) is 24.5 Å². The molecule has 3 aromatic rings. The lowest BCUT2D eigenvalue weighted by atomic mass is 10.0. The maximum absolute atomic E-state index is 12.3. The molecule has 1 amide bonds. The Bertz CT molecular complexity index is 1020. The first-order chi connectivity index (χ1) is 14.7. The summed E-state index contributed by atoms with van der Waals surface area (Å²) in [5.74, 6) is 1.10. The molecule has 0 unspecified atom stereocenters. The van der Waals surface area contributed by atoms with Gasteiger partial charge in [-0.25, -0.2) is 4.98 Å². The summed E-state index contributed by atoms with van der Waals surface area (Å²) < 4.78 is 11.3. The molecular formula is C24H24N2O3S. The van der Waals surface area contributed by atoms with E-state index in [0.717, 1.165) is 29.7 Å². The van der Waals surface area contributed by atoms with E-state index in [9.17, 15) is 4.79 Å². The summed E-state index contributed by atoms with van der Waals surface area (Å²) in [5.41, 5.74) is 3.08. The van der Waals surface area contributed by atoms with Crippen LogP contribution in [0, 0.1) is 0 Å². The molecule has 154 valence electrons. The Hall–Kier alpha value is -3.12. The summed E-state index contributed by atoms with van der Waals surface area (Å²) in [6.45, 7) is 0.465. The minimum Gasteiger partial charge on any atom is -0.493 e. The van der Waals surface area contributed by atoms with E-state index in [1.165, 1.54) is 23.8 Å². The number of nitrogens with zero attached hydrogens (tertiary/aromatic N) is 1. The number of amides is 1. The van der Waals surface area contributed by atoms with Crippen LogP contribution in [0.2, 0.25) is 0 Å². The number of carbonyl (C=O) groups excluding carboxylic acids is 1. The van der Waals surface area contributed by atoms with Gasteiger partial charge in [0.25, 0.3) is 0 Å². The summed E-state index contributed by atoms with van der Waals surface area (Å²) in [6.07, 6.45) is 7.73. The zero-order valence-corrected chi connectivity index (χ0v) is 17.7. The molecule has 1 heterocycles. The summed E-state index contributed by atoms with van der Waals surface area (Å²) in [5, 5.41) is 3.55. The van der Waals surface area contributed by atoms with Crippen molar-refractivity contribution in [2.75, 3.05) is 12.4 Å². The molecule has 2 aromatic carbocycles. The minimum atomic E-state index is -0.190. The Kier molecular flexibility index (Phi) is 6.44. The number of rotatable bonds is 7. The molecule has 0 saturated heterocycles. The SMILES string of the molecule is COc1cc(C=CC(=O)Nc2nc3c(s2)CCCC3)ccc1OCc1ccccc1. The van der Waals surface area contributed by atoms with Gasteiger partial charge in [-0.2, -0.15) is 0 Å². The van der Waals surface area contributed by atoms with Crippen molar-refractivity contribution < 1.29 is 14.3 Å². The normalized spacial score (nSPS) is 13.1. The minimum absolute atomic E-state index is 0.190. The quantitative estimate of drug-likeness (QED) is 0.530. The van der Waals surface area contributed by atoms with Gasteiger partial charge in [0, 0.05) is 11.0 Å². The number of carbonyl (C=O) groups is 1. The zero-order valence-electron chi connectivity index (χ0n) is 16.9. The lowest BCUT2D eigenvalue weighted by molar-refractivity contribution is -0.111. The monoisotopic (exact) mass is 420 g/mol. The van der Waals surface area contributed by atoms with Crippen LogP contribution < -0.4 is 14.8 Å². The summed E-state index contributed by atoms with van der Waals surface area (Å²) in [7, 11) is 1.61. The second-order valence-corrected chi connectivity index (χ2v) is 8.19. The molecular weight excluding hydrogens is 396 g/mol. The van der Waals surface area contributed by atoms with Gasteiger partial charge >= 0.3 is 0 Å². The summed E-state index contributed by atoms with van der Waals surface area (Å²) >= 11 is 1.58. The molecule has 0 saturated carbocycles. The van der Waals surface area contributed by atoms with Crippen LogP contribution in [0.25, 0.3) is 6.08 Å². The maximum Gasteiger partial charge on any atom is 0.250 e. The van der Waals surface area contributed by atoms with Crippen molar-refractivity contribution in [2.45, 2.75) is 32.3 Å². The van der Waals surface area contributed by atoms with Crippen LogP contribution in [0.4, 0.5) is 5.13 Å². The number of aryl methyl sites for hydroxylation is 2. The van der Waals surface area contributed by atoms with E-state index in [2.05, 4.69) is 10.3 Å². The van der Waals surface area contributed by atoms with Gasteiger partial charge in [0.2, 0.25) is 5.91 Å². The Balaban J connectivity index is 1.38. The highest BCUT2D eigenvalue weighted by Crippen LogP contribution is 2.30. The van der Waals surface area contributed by atoms with E-state index in [4.69, 9.17) is 9.47 Å². The van der Waals surface area contributed by atoms with Gasteiger partial charge in [0.05, 0.1) is 12.8 Å². The van der Waals surface area contributed by atoms with Crippen molar-refractivity contribution in [1.82, 2.24) is 4.98 Å². The molecule has 0 atom stereocenters. The second kappa shape index (κ2) is 9.59. The van der Waals surface area contributed by atoms with Gasteiger partial charge in [0.15, 0.2) is 16.6 Å². The first-order valence-electron chi connectivity index (χ1n) is 10.0. The highest BCUT2D eigenvalue weighted by atomic mass is 32.1. The Morgan fingerprint density at radius 2 is 1.97 bits per heavy atom. The Morgan fingerprint density at radius 3 is 2.77 bits per heavy atom. The van der Waals surface area contributed by atoms with E-state index in [1.807, 2.05) is 48.5 Å². The molecule has 0 fully saturated rings. The molecule has 1 aliphatic rings. The summed E-state index contributed by atoms with van der Waals surface area (Å²) in [6, 6.07) is 15.6. The molecule has 0 bridgehead atoms. The fourth-order valence-corrected chi connectivity index (χ4v) is 4.42. The average molecular weight is 421 g/mol. The molecule has 1 N–H and O–H groups in total. The van der Waals surface area contributed by atoms with E-state index >= 15 is 0 Å². The van der Waals surface area contributed by atoms with Gasteiger partial charge in [0.1, 0.15) is 6.61 Å². The van der Waals surface area contributed by atoms with Crippen molar-refractivity contribution in [1.29, 1.82) is 0 Å². The smallest absolute Gasteiger partial charge is 0.250 e. The fraction of sp³-hybridized carbons (Fsp3) is 0.250. The number of hydrogen-bond donors (Lipinski definition) is 1. The molecule has 0 aliphatic heterocycles. The number of anilines is 1. The lowest BCUT2D eigenvalue weighted by Gasteiger charge is -2.11. The maximum atomic E-state index is 12.3. The molecule has 0 spiro atoms. The highest BCUT2D eigenvalue weighted by molar-refractivity contribution is 7.15. The van der Waals surface area contributed by atoms with Gasteiger partial charge in [-0.1, -0.05) is 36.4 Å². The van der Waals surface area contributed by atoms with Gasteiger partial charge < -0.3 is 9.47 Å². The first-order valence-corrected chi connectivity index (χ1v) is 10.9. The molecule has 6 heteroatoms. The predicted molar refractivity (Wildman–Crippen MR) is 120 cm³/mol. The number of fused-ring (bicyclic) bond motifs is 1. The van der Waals surface area contributed by atoms with Crippen LogP contribution in [0.3, 0.4) is 0 Å². The fourth-order valence-electron chi connectivity index (χ4n) is 3.37. The van der Waals surface area contributed by atoms with E-state index in [-0.39, 0.29) is 5.91 Å². The van der Waals surface area contributed by atoms with Crippen molar-refractivity contribution in [3.8, 4) is 11.5 Å². The van der Waals surface area contributed by atoms with Crippen LogP contribution >= 0.6 is 11.3 Å². The third-order valence-corrected chi connectivity index (χ3v) is 6.00. The van der Waals surface area contributed by atoms with Crippen molar-refractivity contribution in [3.05, 3.63) is 76.3 Å². The first kappa shape index (κ1) is 20.2. The highest BCUT2D eigenvalue weighted by Gasteiger charge is 2.15. The number of hydrogen-bond acceptors (Lipinski definition) is 5. The number of methoxy groups -OCH3 is 1. The van der Waals surface area contributed by atoms with Crippen LogP contribution in [-0.4, -0.2) is 18.0 Å². The zero-order chi connectivity index (χ0) is 20.8. The molecule has 30 heavy (non-hydrogen) atoms. The number of nitrogens with one attached hydrogen (secondary N) is 1. The van der Waals surface area contributed by atoms with Crippen molar-refractivity contribution in [3.63, 3.8) is 0 Å². The number of ether oxygens (including phenoxy) is 2. The van der Waals surface area contributed by atoms with E-state index in [0.29, 0.717) is 23.2 Å². The predicted octanol–water partition coefficient (Wildman–Crippen LogP) is 5.26. The molecule has 1 aliphatic carbocycles. The third-order valence-electron chi connectivity index (χ3n) is 4.93. The van der Waals surface area contributed by atoms with Crippen molar-refractivity contribution >= 4 is 28.5 Å². The molecule has 4 rings (SSSR count). The molecule has 1 aromatic heterocycles. The van der Waals surface area contributed by atoms with Crippen molar-refractivity contribution in [2.24, 2.45) is 0 Å². The van der Waals surface area contributed by atoms with Crippen LogP contribution in [0.5, 0.6) is 11.5 Å². The molecule has 5 nitrogen and oxygen atoms in total. The second-order valence-electron chi connectivity index (χ2n) is 7.10. The number of benzene rings is 2. The van der Waals surface area contributed by atoms with Crippen LogP contribution in [-0.2, 0) is 24.2 Å². The third kappa shape index (κ3) is 5.07. The van der Waals surface area contributed by atoms with Crippen LogP contribution in [0.15, 0.2) is 54.6 Å². The van der Waals surface area contributed by atoms with E-state index < -0.39 is 0 Å². The van der Waals surface area contributed by atoms with Gasteiger partial charge in [-0.15, -0.1) is 11.3 Å². The summed E-state index contributed by atoms with van der Waals surface area (Å²) in [4.78, 5) is 18.1. The van der Waals surface area contributed by atoms with Crippen LogP contribution in [0.1, 0.15) is 34.5 Å². The topological polar surface area (TPSA) is 60.5 Å². The largest absolute Gasteiger partial charge is 0.493 e. The Morgan fingerprint density at radius 1 is 1.13 bits per heavy atom. The Labute approximate surface area is 180 Å². The average Bonchev–Trinajstić information content (AvgIpc) is 3.19. The van der Waals surface area contributed by atoms with Gasteiger partial charge in [-0.3, -0.25) is 10.1 Å². The van der Waals surface area contributed by atoms with Gasteiger partial charge in [-0.05, 0) is 55.0 Å². The standard InChI is InChI=1S/C24H24N2O3S/c1-28-21-15-17(11-13-20(21)29-16-18-7-3-2-4-8-18)12-14-23(27)26-24-25-19-9-5-6-10-22(19)30-24/h2-4,7-8,11-15H,5-6,9-10,16H2,1H3,(H,25,26,27). The lowest BCUT2D eigenvalue weighted by Crippen LogP contribution is -2.07. The molecule has 0 radical (unpaired) electrons.